The maximum Gasteiger partial charge on any atom is 0.394 e. The fraction of sp³-hybridized carbons (Fsp3) is 0. The van der Waals surface area contributed by atoms with Crippen LogP contribution in [0.2, 0.25) is 0 Å². The highest BCUT2D eigenvalue weighted by Crippen LogP contribution is 2.25. The van der Waals surface area contributed by atoms with Crippen LogP contribution in [0.5, 0.6) is 0 Å². The van der Waals surface area contributed by atoms with E-state index in [9.17, 15) is 9.90 Å². The van der Waals surface area contributed by atoms with Crippen LogP contribution >= 0.6 is 0 Å². The molecule has 2 aromatic rings. The SMILES string of the molecule is N#[N+]c1cc2ccccc2cc1C(=O)[O-]. The molecule has 4 heteroatoms. The van der Waals surface area contributed by atoms with Crippen molar-refractivity contribution >= 4 is 22.4 Å². The average molecular weight is 198 g/mol. The standard InChI is InChI=1S/C11H6N2O2/c12-13-10-6-8-4-2-1-3-7(8)5-9(10)11(14)15/h1-6H. The quantitative estimate of drug-likeness (QED) is 0.654. The van der Waals surface area contributed by atoms with Crippen LogP contribution in [0, 0.1) is 5.39 Å². The molecule has 2 aromatic carbocycles. The Morgan fingerprint density at radius 1 is 1.20 bits per heavy atom. The van der Waals surface area contributed by atoms with E-state index >= 15 is 0 Å². The molecule has 0 amide bonds. The predicted molar refractivity (Wildman–Crippen MR) is 53.0 cm³/mol. The summed E-state index contributed by atoms with van der Waals surface area (Å²) in [4.78, 5) is 13.7. The van der Waals surface area contributed by atoms with Crippen LogP contribution in [0.3, 0.4) is 0 Å². The zero-order chi connectivity index (χ0) is 10.8. The van der Waals surface area contributed by atoms with Gasteiger partial charge in [0.25, 0.3) is 0 Å². The van der Waals surface area contributed by atoms with Crippen LogP contribution in [0.15, 0.2) is 36.4 Å². The second-order valence-electron chi connectivity index (χ2n) is 3.10. The molecule has 0 heterocycles. The first-order valence-corrected chi connectivity index (χ1v) is 4.31. The number of carboxylic acid groups (broad SMARTS) is 1. The van der Waals surface area contributed by atoms with Crippen molar-refractivity contribution in [2.75, 3.05) is 0 Å². The molecule has 0 aliphatic heterocycles. The summed E-state index contributed by atoms with van der Waals surface area (Å²) in [5.41, 5.74) is -0.107. The molecule has 0 saturated carbocycles. The van der Waals surface area contributed by atoms with Gasteiger partial charge in [-0.2, -0.15) is 0 Å². The van der Waals surface area contributed by atoms with Crippen molar-refractivity contribution < 1.29 is 9.90 Å². The van der Waals surface area contributed by atoms with Gasteiger partial charge in [0.05, 0.1) is 11.5 Å². The molecule has 0 aromatic heterocycles. The molecule has 0 spiro atoms. The number of diazo groups is 1. The fourth-order valence-electron chi connectivity index (χ4n) is 1.47. The number of carboxylic acids is 1. The number of hydrogen-bond acceptors (Lipinski definition) is 3. The van der Waals surface area contributed by atoms with E-state index in [2.05, 4.69) is 4.98 Å². The highest BCUT2D eigenvalue weighted by atomic mass is 16.4. The van der Waals surface area contributed by atoms with Crippen LogP contribution in [-0.2, 0) is 0 Å². The second kappa shape index (κ2) is 3.39. The van der Waals surface area contributed by atoms with Crippen molar-refractivity contribution in [1.82, 2.24) is 0 Å². The fourth-order valence-corrected chi connectivity index (χ4v) is 1.47. The average Bonchev–Trinajstić information content (AvgIpc) is 2.27. The summed E-state index contributed by atoms with van der Waals surface area (Å²) in [5.74, 6) is -1.35. The minimum absolute atomic E-state index is 0.00806. The number of fused-ring (bicyclic) bond motifs is 1. The number of aromatic carboxylic acids is 1. The molecule has 0 radical (unpaired) electrons. The molecular formula is C11H6N2O2. The summed E-state index contributed by atoms with van der Waals surface area (Å²) in [6.07, 6.45) is 0. The van der Waals surface area contributed by atoms with Gasteiger partial charge in [-0.15, -0.1) is 0 Å². The molecular weight excluding hydrogens is 192 g/mol. The first kappa shape index (κ1) is 9.16. The molecule has 2 rings (SSSR count). The number of rotatable bonds is 1. The van der Waals surface area contributed by atoms with E-state index in [-0.39, 0.29) is 11.3 Å². The van der Waals surface area contributed by atoms with Crippen molar-refractivity contribution in [3.05, 3.63) is 46.9 Å². The van der Waals surface area contributed by atoms with E-state index in [1.807, 2.05) is 12.1 Å². The van der Waals surface area contributed by atoms with Gasteiger partial charge in [0.2, 0.25) is 5.39 Å². The zero-order valence-corrected chi connectivity index (χ0v) is 7.68. The summed E-state index contributed by atoms with van der Waals surface area (Å²) < 4.78 is 0. The van der Waals surface area contributed by atoms with E-state index in [0.29, 0.717) is 0 Å². The number of benzene rings is 2. The van der Waals surface area contributed by atoms with Crippen LogP contribution in [0.1, 0.15) is 10.4 Å². The highest BCUT2D eigenvalue weighted by Gasteiger charge is 2.15. The lowest BCUT2D eigenvalue weighted by Gasteiger charge is -2.01. The number of carbonyl (C=O) groups excluding carboxylic acids is 1. The third kappa shape index (κ3) is 1.51. The lowest BCUT2D eigenvalue weighted by Crippen LogP contribution is -2.22. The van der Waals surface area contributed by atoms with E-state index in [4.69, 9.17) is 5.39 Å². The van der Waals surface area contributed by atoms with Gasteiger partial charge in [0, 0.05) is 6.07 Å². The molecule has 0 unspecified atom stereocenters. The van der Waals surface area contributed by atoms with Gasteiger partial charge in [-0.25, -0.2) is 0 Å². The summed E-state index contributed by atoms with van der Waals surface area (Å²) in [7, 11) is 0. The molecule has 0 bridgehead atoms. The minimum Gasteiger partial charge on any atom is -0.545 e. The first-order valence-electron chi connectivity index (χ1n) is 4.31. The van der Waals surface area contributed by atoms with Crippen LogP contribution in [0.25, 0.3) is 15.7 Å². The summed E-state index contributed by atoms with van der Waals surface area (Å²) in [6.45, 7) is 0. The van der Waals surface area contributed by atoms with Gasteiger partial charge in [0.1, 0.15) is 0 Å². The zero-order valence-electron chi connectivity index (χ0n) is 7.68. The molecule has 15 heavy (non-hydrogen) atoms. The highest BCUT2D eigenvalue weighted by molar-refractivity contribution is 6.00. The van der Waals surface area contributed by atoms with E-state index in [0.717, 1.165) is 10.8 Å². The first-order chi connectivity index (χ1) is 7.22. The molecule has 0 aliphatic carbocycles. The Morgan fingerprint density at radius 2 is 1.80 bits per heavy atom. The smallest absolute Gasteiger partial charge is 0.394 e. The predicted octanol–water partition coefficient (Wildman–Crippen LogP) is 1.69. The van der Waals surface area contributed by atoms with E-state index in [1.54, 1.807) is 12.1 Å². The number of hydrogen-bond donors (Lipinski definition) is 0. The van der Waals surface area contributed by atoms with Gasteiger partial charge < -0.3 is 9.90 Å². The molecule has 0 N–H and O–H groups in total. The van der Waals surface area contributed by atoms with Crippen molar-refractivity contribution in [1.29, 1.82) is 5.39 Å². The largest absolute Gasteiger partial charge is 0.545 e. The van der Waals surface area contributed by atoms with Crippen molar-refractivity contribution in [2.45, 2.75) is 0 Å². The third-order valence-corrected chi connectivity index (χ3v) is 2.19. The molecule has 0 atom stereocenters. The van der Waals surface area contributed by atoms with Crippen LogP contribution < -0.4 is 5.11 Å². The van der Waals surface area contributed by atoms with Gasteiger partial charge in [-0.3, -0.25) is 0 Å². The second-order valence-corrected chi connectivity index (χ2v) is 3.10. The third-order valence-electron chi connectivity index (χ3n) is 2.19. The molecule has 0 fully saturated rings. The maximum absolute atomic E-state index is 10.7. The normalized spacial score (nSPS) is 9.80. The summed E-state index contributed by atoms with van der Waals surface area (Å²) in [6, 6.07) is 10.1. The summed E-state index contributed by atoms with van der Waals surface area (Å²) >= 11 is 0. The number of nitrogens with zero attached hydrogens (tertiary/aromatic N) is 2. The number of carbonyl (C=O) groups is 1. The lowest BCUT2D eigenvalue weighted by molar-refractivity contribution is -0.254. The van der Waals surface area contributed by atoms with Crippen LogP contribution in [-0.4, -0.2) is 5.97 Å². The Hall–Kier alpha value is -2.41. The topological polar surface area (TPSA) is 68.3 Å². The molecule has 72 valence electrons. The lowest BCUT2D eigenvalue weighted by atomic mass is 10.1. The Kier molecular flexibility index (Phi) is 2.07. The van der Waals surface area contributed by atoms with Crippen molar-refractivity contribution in [3.63, 3.8) is 0 Å². The minimum atomic E-state index is -1.35. The Morgan fingerprint density at radius 3 is 2.33 bits per heavy atom. The van der Waals surface area contributed by atoms with Crippen molar-refractivity contribution in [2.24, 2.45) is 0 Å². The van der Waals surface area contributed by atoms with Gasteiger partial charge in [-0.1, -0.05) is 24.3 Å². The summed E-state index contributed by atoms with van der Waals surface area (Å²) in [5, 5.41) is 21.0. The van der Waals surface area contributed by atoms with Gasteiger partial charge in [0.15, 0.2) is 4.98 Å². The Labute approximate surface area is 85.4 Å². The molecule has 0 saturated heterocycles. The Bertz CT molecular complexity index is 585. The van der Waals surface area contributed by atoms with E-state index < -0.39 is 5.97 Å². The van der Waals surface area contributed by atoms with E-state index in [1.165, 1.54) is 12.1 Å². The molecule has 4 nitrogen and oxygen atoms in total. The maximum atomic E-state index is 10.7. The van der Waals surface area contributed by atoms with Crippen LogP contribution in [0.4, 0.5) is 5.69 Å². The monoisotopic (exact) mass is 198 g/mol. The Balaban J connectivity index is 2.82. The van der Waals surface area contributed by atoms with Gasteiger partial charge >= 0.3 is 5.69 Å². The molecule has 0 aliphatic rings. The van der Waals surface area contributed by atoms with Gasteiger partial charge in [-0.05, 0) is 16.8 Å². The van der Waals surface area contributed by atoms with Crippen molar-refractivity contribution in [3.8, 4) is 0 Å².